The molecule has 22 heavy (non-hydrogen) atoms. The fourth-order valence-corrected chi connectivity index (χ4v) is 2.39. The molecule has 4 nitrogen and oxygen atoms in total. The van der Waals surface area contributed by atoms with Gasteiger partial charge < -0.3 is 4.74 Å². The molecular weight excluding hydrogens is 298 g/mol. The zero-order valence-corrected chi connectivity index (χ0v) is 13.0. The van der Waals surface area contributed by atoms with E-state index in [1.807, 2.05) is 30.3 Å². The van der Waals surface area contributed by atoms with Crippen molar-refractivity contribution < 1.29 is 13.2 Å². The van der Waals surface area contributed by atoms with Crippen molar-refractivity contribution in [2.24, 2.45) is 5.14 Å². The molecule has 2 aromatic carbocycles. The van der Waals surface area contributed by atoms with E-state index in [0.29, 0.717) is 12.2 Å². The minimum atomic E-state index is -3.62. The molecule has 0 aliphatic heterocycles. The summed E-state index contributed by atoms with van der Waals surface area (Å²) < 4.78 is 26.9. The van der Waals surface area contributed by atoms with Crippen molar-refractivity contribution in [3.05, 3.63) is 85.1 Å². The van der Waals surface area contributed by atoms with Crippen LogP contribution in [0, 0.1) is 0 Å². The smallest absolute Gasteiger partial charge is 0.238 e. The van der Waals surface area contributed by atoms with E-state index in [1.165, 1.54) is 24.0 Å². The van der Waals surface area contributed by atoms with Crippen LogP contribution in [0.2, 0.25) is 0 Å². The van der Waals surface area contributed by atoms with Crippen LogP contribution in [-0.4, -0.2) is 8.42 Å². The number of nitrogens with two attached hydrogens (primary N) is 1. The molecule has 0 saturated heterocycles. The minimum Gasteiger partial charge on any atom is -0.497 e. The first kappa shape index (κ1) is 17.7. The second kappa shape index (κ2) is 8.81. The summed E-state index contributed by atoms with van der Waals surface area (Å²) in [5.41, 5.74) is 1.70. The van der Waals surface area contributed by atoms with Crippen molar-refractivity contribution in [1.29, 1.82) is 0 Å². The number of ether oxygens (including phenoxy) is 1. The van der Waals surface area contributed by atoms with Crippen molar-refractivity contribution in [2.75, 3.05) is 0 Å². The van der Waals surface area contributed by atoms with Gasteiger partial charge in [-0.05, 0) is 17.2 Å². The van der Waals surface area contributed by atoms with Crippen molar-refractivity contribution in [3.63, 3.8) is 0 Å². The van der Waals surface area contributed by atoms with E-state index in [2.05, 4.69) is 13.2 Å². The summed E-state index contributed by atoms with van der Waals surface area (Å²) >= 11 is 0. The Morgan fingerprint density at radius 1 is 1.00 bits per heavy atom. The third-order valence-corrected chi connectivity index (χ3v) is 3.64. The number of rotatable bonds is 5. The Labute approximate surface area is 131 Å². The molecule has 2 aromatic rings. The molecule has 0 atom stereocenters. The Hall–Kier alpha value is -2.37. The highest BCUT2D eigenvalue weighted by molar-refractivity contribution is 7.89. The van der Waals surface area contributed by atoms with Crippen molar-refractivity contribution >= 4 is 16.1 Å². The zero-order chi connectivity index (χ0) is 16.4. The number of hydrogen-bond donors (Lipinski definition) is 1. The Morgan fingerprint density at radius 2 is 1.59 bits per heavy atom. The molecule has 0 amide bonds. The van der Waals surface area contributed by atoms with Gasteiger partial charge in [0.05, 0.1) is 11.2 Å². The monoisotopic (exact) mass is 317 g/mol. The van der Waals surface area contributed by atoms with Crippen LogP contribution in [0.5, 0.6) is 0 Å². The summed E-state index contributed by atoms with van der Waals surface area (Å²) in [4.78, 5) is 0.111. The lowest BCUT2D eigenvalue weighted by molar-refractivity contribution is 0.237. The van der Waals surface area contributed by atoms with Gasteiger partial charge in [0.25, 0.3) is 0 Å². The highest BCUT2D eigenvalue weighted by atomic mass is 32.2. The van der Waals surface area contributed by atoms with E-state index in [-0.39, 0.29) is 4.90 Å². The summed E-state index contributed by atoms with van der Waals surface area (Å²) in [5.74, 6) is 0. The molecule has 0 bridgehead atoms. The van der Waals surface area contributed by atoms with E-state index in [0.717, 1.165) is 0 Å². The first-order chi connectivity index (χ1) is 10.5. The Bertz CT molecular complexity index is 710. The topological polar surface area (TPSA) is 69.4 Å². The molecule has 0 saturated carbocycles. The van der Waals surface area contributed by atoms with E-state index in [1.54, 1.807) is 18.2 Å². The SMILES string of the molecule is C=COCc1ccccc1.C=Cc1ccccc1S(N)(=O)=O. The third kappa shape index (κ3) is 5.95. The molecule has 0 aliphatic carbocycles. The number of hydrogen-bond acceptors (Lipinski definition) is 3. The summed E-state index contributed by atoms with van der Waals surface area (Å²) in [6.07, 6.45) is 2.91. The van der Waals surface area contributed by atoms with Gasteiger partial charge in [-0.15, -0.1) is 0 Å². The van der Waals surface area contributed by atoms with Crippen LogP contribution in [0.4, 0.5) is 0 Å². The molecule has 0 unspecified atom stereocenters. The average Bonchev–Trinajstić information content (AvgIpc) is 2.53. The third-order valence-electron chi connectivity index (χ3n) is 2.66. The second-order valence-corrected chi connectivity index (χ2v) is 5.78. The second-order valence-electron chi connectivity index (χ2n) is 4.25. The maximum absolute atomic E-state index is 10.9. The molecule has 2 rings (SSSR count). The van der Waals surface area contributed by atoms with Gasteiger partial charge in [-0.1, -0.05) is 67.8 Å². The average molecular weight is 317 g/mol. The van der Waals surface area contributed by atoms with Crippen molar-refractivity contribution in [2.45, 2.75) is 11.5 Å². The van der Waals surface area contributed by atoms with E-state index >= 15 is 0 Å². The predicted molar refractivity (Wildman–Crippen MR) is 89.3 cm³/mol. The van der Waals surface area contributed by atoms with E-state index in [4.69, 9.17) is 9.88 Å². The van der Waals surface area contributed by atoms with Crippen LogP contribution in [0.3, 0.4) is 0 Å². The summed E-state index contributed by atoms with van der Waals surface area (Å²) in [6.45, 7) is 7.55. The molecule has 5 heteroatoms. The lowest BCUT2D eigenvalue weighted by atomic mass is 10.2. The maximum atomic E-state index is 10.9. The standard InChI is InChI=1S/C9H10O.C8H9NO2S/c1-2-10-8-9-6-4-3-5-7-9;1-2-7-5-3-4-6-8(7)12(9,10)11/h2-7H,1,8H2;2-6H,1H2,(H2,9,10,11). The van der Waals surface area contributed by atoms with Crippen LogP contribution in [0.15, 0.2) is 78.9 Å². The molecule has 116 valence electrons. The van der Waals surface area contributed by atoms with Crippen LogP contribution in [0.25, 0.3) is 6.08 Å². The quantitative estimate of drug-likeness (QED) is 0.860. The van der Waals surface area contributed by atoms with Gasteiger partial charge >= 0.3 is 0 Å². The zero-order valence-electron chi connectivity index (χ0n) is 12.2. The Balaban J connectivity index is 0.000000224. The van der Waals surface area contributed by atoms with Gasteiger partial charge in [-0.3, -0.25) is 0 Å². The maximum Gasteiger partial charge on any atom is 0.238 e. The highest BCUT2D eigenvalue weighted by Crippen LogP contribution is 2.13. The summed E-state index contributed by atoms with van der Waals surface area (Å²) in [5, 5.41) is 4.96. The van der Waals surface area contributed by atoms with Gasteiger partial charge in [-0.25, -0.2) is 13.6 Å². The van der Waals surface area contributed by atoms with Gasteiger partial charge in [0, 0.05) is 0 Å². The molecule has 0 aliphatic rings. The molecule has 0 heterocycles. The Kier molecular flexibility index (Phi) is 7.08. The largest absolute Gasteiger partial charge is 0.497 e. The number of benzene rings is 2. The summed E-state index contributed by atoms with van der Waals surface area (Å²) in [6, 6.07) is 16.4. The fraction of sp³-hybridized carbons (Fsp3) is 0.0588. The first-order valence-corrected chi connectivity index (χ1v) is 8.04. The minimum absolute atomic E-state index is 0.111. The number of sulfonamides is 1. The van der Waals surface area contributed by atoms with Gasteiger partial charge in [0.1, 0.15) is 6.61 Å². The molecule has 2 N–H and O–H groups in total. The molecule has 0 spiro atoms. The van der Waals surface area contributed by atoms with Crippen molar-refractivity contribution in [3.8, 4) is 0 Å². The van der Waals surface area contributed by atoms with Crippen LogP contribution in [-0.2, 0) is 21.4 Å². The fourth-order valence-electron chi connectivity index (χ4n) is 1.64. The lowest BCUT2D eigenvalue weighted by Crippen LogP contribution is -2.13. The Morgan fingerprint density at radius 3 is 2.09 bits per heavy atom. The van der Waals surface area contributed by atoms with Gasteiger partial charge in [-0.2, -0.15) is 0 Å². The first-order valence-electron chi connectivity index (χ1n) is 6.49. The van der Waals surface area contributed by atoms with Crippen LogP contribution in [0.1, 0.15) is 11.1 Å². The molecule has 0 fully saturated rings. The predicted octanol–water partition coefficient (Wildman–Crippen LogP) is 3.32. The number of primary sulfonamides is 1. The van der Waals surface area contributed by atoms with Gasteiger partial charge in [0.2, 0.25) is 10.0 Å². The lowest BCUT2D eigenvalue weighted by Gasteiger charge is -2.01. The summed E-state index contributed by atoms with van der Waals surface area (Å²) in [7, 11) is -3.62. The molecule has 0 aromatic heterocycles. The van der Waals surface area contributed by atoms with Gasteiger partial charge in [0.15, 0.2) is 0 Å². The normalized spacial score (nSPS) is 10.0. The molecular formula is C17H19NO3S. The highest BCUT2D eigenvalue weighted by Gasteiger charge is 2.09. The molecule has 0 radical (unpaired) electrons. The van der Waals surface area contributed by atoms with Crippen LogP contribution < -0.4 is 5.14 Å². The van der Waals surface area contributed by atoms with Crippen molar-refractivity contribution in [1.82, 2.24) is 0 Å². The van der Waals surface area contributed by atoms with E-state index < -0.39 is 10.0 Å². The van der Waals surface area contributed by atoms with E-state index in [9.17, 15) is 8.42 Å². The van der Waals surface area contributed by atoms with Crippen LogP contribution >= 0.6 is 0 Å².